The molecule has 0 fully saturated rings. The third-order valence-electron chi connectivity index (χ3n) is 5.05. The van der Waals surface area contributed by atoms with E-state index in [1.54, 1.807) is 34.3 Å². The molecule has 0 aliphatic carbocycles. The summed E-state index contributed by atoms with van der Waals surface area (Å²) in [5, 5.41) is 20.0. The summed E-state index contributed by atoms with van der Waals surface area (Å²) in [5.74, 6) is 2.51. The van der Waals surface area contributed by atoms with Crippen LogP contribution in [-0.4, -0.2) is 37.6 Å². The van der Waals surface area contributed by atoms with Crippen LogP contribution in [0.25, 0.3) is 0 Å². The van der Waals surface area contributed by atoms with Crippen LogP contribution in [0, 0.1) is 0 Å². The van der Waals surface area contributed by atoms with Crippen molar-refractivity contribution in [2.45, 2.75) is 38.1 Å². The first-order valence-electron chi connectivity index (χ1n) is 8.87. The zero-order chi connectivity index (χ0) is 19.7. The molecule has 0 radical (unpaired) electrons. The van der Waals surface area contributed by atoms with Crippen molar-refractivity contribution < 1.29 is 29.2 Å². The molecule has 1 aliphatic heterocycles. The van der Waals surface area contributed by atoms with Crippen molar-refractivity contribution in [2.24, 2.45) is 0 Å². The van der Waals surface area contributed by atoms with Crippen molar-refractivity contribution in [1.82, 2.24) is 0 Å². The van der Waals surface area contributed by atoms with E-state index in [4.69, 9.17) is 18.9 Å². The minimum Gasteiger partial charge on any atom is -0.493 e. The number of methoxy groups -OCH3 is 3. The predicted molar refractivity (Wildman–Crippen MR) is 101 cm³/mol. The maximum atomic E-state index is 10.3. The van der Waals surface area contributed by atoms with E-state index in [1.807, 2.05) is 24.3 Å². The molecule has 0 bridgehead atoms. The van der Waals surface area contributed by atoms with E-state index < -0.39 is 12.2 Å². The van der Waals surface area contributed by atoms with Crippen LogP contribution in [-0.2, 0) is 0 Å². The summed E-state index contributed by atoms with van der Waals surface area (Å²) in [6, 6.07) is 9.30. The molecule has 146 valence electrons. The van der Waals surface area contributed by atoms with Gasteiger partial charge in [-0.05, 0) is 42.3 Å². The van der Waals surface area contributed by atoms with Gasteiger partial charge in [0.25, 0.3) is 0 Å². The van der Waals surface area contributed by atoms with Crippen molar-refractivity contribution in [3.8, 4) is 23.0 Å². The van der Waals surface area contributed by atoms with Crippen molar-refractivity contribution in [3.63, 3.8) is 0 Å². The first-order chi connectivity index (χ1) is 12.9. The van der Waals surface area contributed by atoms with Crippen LogP contribution in [0.1, 0.15) is 48.7 Å². The van der Waals surface area contributed by atoms with Gasteiger partial charge in [-0.15, -0.1) is 0 Å². The molecule has 0 amide bonds. The molecule has 0 saturated heterocycles. The number of rotatable bonds is 6. The summed E-state index contributed by atoms with van der Waals surface area (Å²) >= 11 is 0. The Morgan fingerprint density at radius 1 is 0.926 bits per heavy atom. The third-order valence-corrected chi connectivity index (χ3v) is 5.05. The van der Waals surface area contributed by atoms with E-state index in [0.717, 1.165) is 11.1 Å². The maximum Gasteiger partial charge on any atom is 0.165 e. The summed E-state index contributed by atoms with van der Waals surface area (Å²) in [5.41, 5.74) is 2.49. The lowest BCUT2D eigenvalue weighted by Gasteiger charge is -2.18. The third kappa shape index (κ3) is 3.42. The highest BCUT2D eigenvalue weighted by Crippen LogP contribution is 2.51. The molecule has 0 saturated carbocycles. The van der Waals surface area contributed by atoms with E-state index in [9.17, 15) is 10.2 Å². The van der Waals surface area contributed by atoms with Crippen LogP contribution in [0.3, 0.4) is 0 Å². The predicted octanol–water partition coefficient (Wildman–Crippen LogP) is 3.36. The van der Waals surface area contributed by atoms with Crippen molar-refractivity contribution in [1.29, 1.82) is 0 Å². The number of benzene rings is 2. The number of hydrogen-bond donors (Lipinski definition) is 2. The zero-order valence-electron chi connectivity index (χ0n) is 16.2. The Morgan fingerprint density at radius 2 is 1.59 bits per heavy atom. The molecule has 0 unspecified atom stereocenters. The molecule has 27 heavy (non-hydrogen) atoms. The number of ether oxygens (including phenoxy) is 4. The number of aliphatic hydroxyl groups is 2. The smallest absolute Gasteiger partial charge is 0.165 e. The highest BCUT2D eigenvalue weighted by atomic mass is 16.5. The molecule has 1 aliphatic rings. The van der Waals surface area contributed by atoms with Crippen molar-refractivity contribution in [3.05, 3.63) is 47.0 Å². The summed E-state index contributed by atoms with van der Waals surface area (Å²) in [7, 11) is 4.76. The van der Waals surface area contributed by atoms with Gasteiger partial charge >= 0.3 is 0 Å². The fourth-order valence-corrected chi connectivity index (χ4v) is 3.49. The average molecular weight is 374 g/mol. The topological polar surface area (TPSA) is 77.4 Å². The van der Waals surface area contributed by atoms with Gasteiger partial charge in [0.15, 0.2) is 23.0 Å². The first-order valence-corrected chi connectivity index (χ1v) is 8.87. The highest BCUT2D eigenvalue weighted by Gasteiger charge is 2.36. The number of fused-ring (bicyclic) bond motifs is 1. The summed E-state index contributed by atoms with van der Waals surface area (Å²) in [4.78, 5) is 0. The van der Waals surface area contributed by atoms with Gasteiger partial charge in [-0.25, -0.2) is 0 Å². The second-order valence-corrected chi connectivity index (χ2v) is 6.77. The van der Waals surface area contributed by atoms with Crippen LogP contribution in [0.15, 0.2) is 30.3 Å². The molecule has 1 heterocycles. The van der Waals surface area contributed by atoms with Gasteiger partial charge in [-0.3, -0.25) is 0 Å². The summed E-state index contributed by atoms with van der Waals surface area (Å²) < 4.78 is 22.4. The second-order valence-electron chi connectivity index (χ2n) is 6.77. The fourth-order valence-electron chi connectivity index (χ4n) is 3.49. The standard InChI is InChI=1S/C21H26O6/c1-11-15-8-14(19(23)12(2)22)10-18(26-5)21(15)27-20(11)13-6-7-16(24-3)17(9-13)25-4/h6-12,19-20,22-23H,1-5H3/t11-,12+,19+,20-/m0/s1. The molecule has 3 rings (SSSR count). The summed E-state index contributed by atoms with van der Waals surface area (Å²) in [6.45, 7) is 3.61. The van der Waals surface area contributed by atoms with Crippen LogP contribution < -0.4 is 18.9 Å². The van der Waals surface area contributed by atoms with Gasteiger partial charge in [0.05, 0.1) is 27.4 Å². The van der Waals surface area contributed by atoms with E-state index in [2.05, 4.69) is 6.92 Å². The minimum absolute atomic E-state index is 0.0214. The first kappa shape index (κ1) is 19.3. The Bertz CT molecular complexity index is 817. The van der Waals surface area contributed by atoms with E-state index in [-0.39, 0.29) is 12.0 Å². The Hall–Kier alpha value is -2.44. The fraction of sp³-hybridized carbons (Fsp3) is 0.429. The second kappa shape index (κ2) is 7.66. The normalized spacial score (nSPS) is 20.4. The Morgan fingerprint density at radius 3 is 2.19 bits per heavy atom. The lowest BCUT2D eigenvalue weighted by molar-refractivity contribution is 0.0304. The molecule has 0 aromatic heterocycles. The molecule has 2 aromatic carbocycles. The molecule has 2 N–H and O–H groups in total. The van der Waals surface area contributed by atoms with Crippen molar-refractivity contribution in [2.75, 3.05) is 21.3 Å². The Balaban J connectivity index is 2.01. The van der Waals surface area contributed by atoms with Crippen LogP contribution in [0.2, 0.25) is 0 Å². The zero-order valence-corrected chi connectivity index (χ0v) is 16.2. The van der Waals surface area contributed by atoms with Gasteiger partial charge in [-0.2, -0.15) is 0 Å². The molecule has 6 heteroatoms. The molecular formula is C21H26O6. The molecular weight excluding hydrogens is 348 g/mol. The minimum atomic E-state index is -0.989. The van der Waals surface area contributed by atoms with Gasteiger partial charge in [0.2, 0.25) is 0 Å². The SMILES string of the molecule is COc1ccc([C@H]2Oc3c(OC)cc([C@H](O)[C@@H](C)O)cc3[C@@H]2C)cc1OC. The van der Waals surface area contributed by atoms with E-state index in [1.165, 1.54) is 0 Å². The molecule has 4 atom stereocenters. The average Bonchev–Trinajstić information content (AvgIpc) is 3.02. The van der Waals surface area contributed by atoms with E-state index in [0.29, 0.717) is 28.6 Å². The van der Waals surface area contributed by atoms with Gasteiger partial charge in [-0.1, -0.05) is 13.0 Å². The molecule has 0 spiro atoms. The van der Waals surface area contributed by atoms with Gasteiger partial charge in [0.1, 0.15) is 12.2 Å². The molecule has 6 nitrogen and oxygen atoms in total. The quantitative estimate of drug-likeness (QED) is 0.807. The number of hydrogen-bond acceptors (Lipinski definition) is 6. The van der Waals surface area contributed by atoms with Crippen LogP contribution in [0.5, 0.6) is 23.0 Å². The maximum absolute atomic E-state index is 10.3. The number of aliphatic hydroxyl groups excluding tert-OH is 2. The lowest BCUT2D eigenvalue weighted by Crippen LogP contribution is -2.14. The largest absolute Gasteiger partial charge is 0.493 e. The monoisotopic (exact) mass is 374 g/mol. The Labute approximate surface area is 159 Å². The lowest BCUT2D eigenvalue weighted by atomic mass is 9.90. The highest BCUT2D eigenvalue weighted by molar-refractivity contribution is 5.56. The van der Waals surface area contributed by atoms with Gasteiger partial charge in [0, 0.05) is 11.5 Å². The Kier molecular flexibility index (Phi) is 5.48. The summed E-state index contributed by atoms with van der Waals surface area (Å²) in [6.07, 6.45) is -2.10. The van der Waals surface area contributed by atoms with E-state index >= 15 is 0 Å². The van der Waals surface area contributed by atoms with Crippen LogP contribution >= 0.6 is 0 Å². The van der Waals surface area contributed by atoms with Gasteiger partial charge < -0.3 is 29.2 Å². The molecule has 2 aromatic rings. The van der Waals surface area contributed by atoms with Crippen LogP contribution in [0.4, 0.5) is 0 Å². The van der Waals surface area contributed by atoms with Crippen molar-refractivity contribution >= 4 is 0 Å².